The number of nitrogens with zero attached hydrogens (tertiary/aromatic N) is 1. The first-order chi connectivity index (χ1) is 10.1. The summed E-state index contributed by atoms with van der Waals surface area (Å²) in [6.45, 7) is 2.72. The molecule has 1 aliphatic rings. The van der Waals surface area contributed by atoms with Crippen LogP contribution in [0.5, 0.6) is 0 Å². The number of aliphatic carboxylic acids is 1. The van der Waals surface area contributed by atoms with E-state index in [1.54, 1.807) is 29.2 Å². The van der Waals surface area contributed by atoms with Crippen LogP contribution < -0.4 is 10.6 Å². The van der Waals surface area contributed by atoms with Crippen molar-refractivity contribution in [3.05, 3.63) is 34.9 Å². The summed E-state index contributed by atoms with van der Waals surface area (Å²) < 4.78 is 0. The van der Waals surface area contributed by atoms with Gasteiger partial charge in [-0.1, -0.05) is 29.8 Å². The van der Waals surface area contributed by atoms with Crippen LogP contribution in [0.15, 0.2) is 24.3 Å². The first-order valence-electron chi connectivity index (χ1n) is 6.83. The molecule has 0 radical (unpaired) electrons. The Hall–Kier alpha value is -1.79. The molecule has 6 nitrogen and oxygen atoms in total. The lowest BCUT2D eigenvalue weighted by Crippen LogP contribution is -2.45. The SMILES string of the molecule is O=C(O)[C@H](NC(=O)N1CCCNCC1)c1ccccc1Cl. The van der Waals surface area contributed by atoms with Crippen molar-refractivity contribution >= 4 is 23.6 Å². The highest BCUT2D eigenvalue weighted by atomic mass is 35.5. The van der Waals surface area contributed by atoms with E-state index in [-0.39, 0.29) is 6.03 Å². The van der Waals surface area contributed by atoms with Crippen molar-refractivity contribution in [2.24, 2.45) is 0 Å². The average molecular weight is 312 g/mol. The molecular weight excluding hydrogens is 294 g/mol. The molecule has 1 heterocycles. The predicted molar refractivity (Wildman–Crippen MR) is 79.4 cm³/mol. The van der Waals surface area contributed by atoms with Crippen LogP contribution in [0.1, 0.15) is 18.0 Å². The Morgan fingerprint density at radius 3 is 2.76 bits per heavy atom. The lowest BCUT2D eigenvalue weighted by molar-refractivity contribution is -0.139. The van der Waals surface area contributed by atoms with Crippen molar-refractivity contribution in [3.8, 4) is 0 Å². The molecule has 2 rings (SSSR count). The summed E-state index contributed by atoms with van der Waals surface area (Å²) >= 11 is 6.02. The number of carbonyl (C=O) groups is 2. The lowest BCUT2D eigenvalue weighted by atomic mass is 10.1. The number of amides is 2. The Kier molecular flexibility index (Phi) is 5.41. The van der Waals surface area contributed by atoms with Gasteiger partial charge < -0.3 is 20.6 Å². The van der Waals surface area contributed by atoms with E-state index >= 15 is 0 Å². The van der Waals surface area contributed by atoms with Gasteiger partial charge in [0.2, 0.25) is 0 Å². The molecule has 0 saturated carbocycles. The van der Waals surface area contributed by atoms with Gasteiger partial charge in [-0.25, -0.2) is 9.59 Å². The molecule has 0 aromatic heterocycles. The fourth-order valence-electron chi connectivity index (χ4n) is 2.25. The Balaban J connectivity index is 2.11. The molecule has 2 amide bonds. The number of hydrogen-bond acceptors (Lipinski definition) is 3. The van der Waals surface area contributed by atoms with E-state index in [1.807, 2.05) is 0 Å². The largest absolute Gasteiger partial charge is 0.479 e. The molecule has 1 fully saturated rings. The Labute approximate surface area is 128 Å². The minimum Gasteiger partial charge on any atom is -0.479 e. The van der Waals surface area contributed by atoms with Gasteiger partial charge in [0.1, 0.15) is 0 Å². The molecule has 0 unspecified atom stereocenters. The third kappa shape index (κ3) is 4.09. The number of carboxylic acids is 1. The van der Waals surface area contributed by atoms with Gasteiger partial charge in [0.15, 0.2) is 6.04 Å². The predicted octanol–water partition coefficient (Wildman–Crippen LogP) is 1.47. The average Bonchev–Trinajstić information content (AvgIpc) is 2.74. The molecule has 1 aliphatic heterocycles. The summed E-state index contributed by atoms with van der Waals surface area (Å²) in [5, 5.41) is 15.4. The molecule has 1 atom stereocenters. The second-order valence-corrected chi connectivity index (χ2v) is 5.24. The standard InChI is InChI=1S/C14H18ClN3O3/c15-11-5-2-1-4-10(11)12(13(19)20)17-14(21)18-8-3-6-16-7-9-18/h1-2,4-5,12,16H,3,6-9H2,(H,17,21)(H,19,20)/t12-/m1/s1. The van der Waals surface area contributed by atoms with E-state index in [2.05, 4.69) is 10.6 Å². The number of urea groups is 1. The fourth-order valence-corrected chi connectivity index (χ4v) is 2.49. The maximum atomic E-state index is 12.2. The summed E-state index contributed by atoms with van der Waals surface area (Å²) in [5.74, 6) is -1.13. The van der Waals surface area contributed by atoms with Gasteiger partial charge in [0, 0.05) is 30.2 Å². The summed E-state index contributed by atoms with van der Waals surface area (Å²) in [4.78, 5) is 25.3. The smallest absolute Gasteiger partial charge is 0.331 e. The molecule has 0 bridgehead atoms. The Morgan fingerprint density at radius 1 is 1.29 bits per heavy atom. The number of nitrogens with one attached hydrogen (secondary N) is 2. The van der Waals surface area contributed by atoms with E-state index in [0.717, 1.165) is 13.0 Å². The van der Waals surface area contributed by atoms with Gasteiger partial charge in [-0.05, 0) is 19.0 Å². The molecule has 1 saturated heterocycles. The normalized spacial score (nSPS) is 16.9. The first kappa shape index (κ1) is 15.6. The monoisotopic (exact) mass is 311 g/mol. The number of rotatable bonds is 3. The zero-order chi connectivity index (χ0) is 15.2. The summed E-state index contributed by atoms with van der Waals surface area (Å²) in [7, 11) is 0. The van der Waals surface area contributed by atoms with Gasteiger partial charge >= 0.3 is 12.0 Å². The molecule has 0 aliphatic carbocycles. The second kappa shape index (κ2) is 7.28. The van der Waals surface area contributed by atoms with E-state index < -0.39 is 12.0 Å². The molecular formula is C14H18ClN3O3. The maximum absolute atomic E-state index is 12.2. The number of halogens is 1. The molecule has 21 heavy (non-hydrogen) atoms. The Morgan fingerprint density at radius 2 is 2.05 bits per heavy atom. The first-order valence-corrected chi connectivity index (χ1v) is 7.21. The van der Waals surface area contributed by atoms with E-state index in [1.165, 1.54) is 0 Å². The molecule has 7 heteroatoms. The third-order valence-electron chi connectivity index (χ3n) is 3.36. The van der Waals surface area contributed by atoms with Gasteiger partial charge in [0.05, 0.1) is 0 Å². The molecule has 1 aromatic carbocycles. The highest BCUT2D eigenvalue weighted by Gasteiger charge is 2.26. The molecule has 3 N–H and O–H groups in total. The van der Waals surface area contributed by atoms with Crippen LogP contribution in [-0.4, -0.2) is 48.2 Å². The van der Waals surface area contributed by atoms with Crippen molar-refractivity contribution < 1.29 is 14.7 Å². The van der Waals surface area contributed by atoms with Crippen LogP contribution in [0.4, 0.5) is 4.79 Å². The van der Waals surface area contributed by atoms with Crippen molar-refractivity contribution in [3.63, 3.8) is 0 Å². The van der Waals surface area contributed by atoms with Crippen LogP contribution in [0, 0.1) is 0 Å². The quantitative estimate of drug-likeness (QED) is 0.789. The van der Waals surface area contributed by atoms with Gasteiger partial charge in [0.25, 0.3) is 0 Å². The number of carbonyl (C=O) groups excluding carboxylic acids is 1. The van der Waals surface area contributed by atoms with E-state index in [0.29, 0.717) is 30.2 Å². The zero-order valence-corrected chi connectivity index (χ0v) is 12.3. The topological polar surface area (TPSA) is 81.7 Å². The minimum absolute atomic E-state index is 0.322. The highest BCUT2D eigenvalue weighted by Crippen LogP contribution is 2.23. The fraction of sp³-hybridized carbons (Fsp3) is 0.429. The van der Waals surface area contributed by atoms with Crippen molar-refractivity contribution in [1.82, 2.24) is 15.5 Å². The summed E-state index contributed by atoms with van der Waals surface area (Å²) in [5.41, 5.74) is 0.382. The second-order valence-electron chi connectivity index (χ2n) is 4.83. The van der Waals surface area contributed by atoms with E-state index in [9.17, 15) is 14.7 Å². The van der Waals surface area contributed by atoms with Crippen molar-refractivity contribution in [2.75, 3.05) is 26.2 Å². The molecule has 114 valence electrons. The molecule has 1 aromatic rings. The van der Waals surface area contributed by atoms with Crippen LogP contribution in [0.25, 0.3) is 0 Å². The molecule has 0 spiro atoms. The maximum Gasteiger partial charge on any atom is 0.331 e. The van der Waals surface area contributed by atoms with E-state index in [4.69, 9.17) is 11.6 Å². The number of hydrogen-bond donors (Lipinski definition) is 3. The van der Waals surface area contributed by atoms with Gasteiger partial charge in [-0.3, -0.25) is 0 Å². The summed E-state index contributed by atoms with van der Waals surface area (Å²) in [6.07, 6.45) is 0.844. The lowest BCUT2D eigenvalue weighted by Gasteiger charge is -2.24. The van der Waals surface area contributed by atoms with Crippen LogP contribution in [-0.2, 0) is 4.79 Å². The third-order valence-corrected chi connectivity index (χ3v) is 3.70. The number of benzene rings is 1. The van der Waals surface area contributed by atoms with Gasteiger partial charge in [-0.2, -0.15) is 0 Å². The number of carboxylic acid groups (broad SMARTS) is 1. The summed E-state index contributed by atoms with van der Waals surface area (Å²) in [6, 6.07) is 5.08. The Bertz CT molecular complexity index is 516. The minimum atomic E-state index is -1.15. The van der Waals surface area contributed by atoms with Crippen LogP contribution in [0.3, 0.4) is 0 Å². The van der Waals surface area contributed by atoms with Crippen LogP contribution in [0.2, 0.25) is 5.02 Å². The highest BCUT2D eigenvalue weighted by molar-refractivity contribution is 6.31. The van der Waals surface area contributed by atoms with Gasteiger partial charge in [-0.15, -0.1) is 0 Å². The van der Waals surface area contributed by atoms with Crippen molar-refractivity contribution in [2.45, 2.75) is 12.5 Å². The van der Waals surface area contributed by atoms with Crippen molar-refractivity contribution in [1.29, 1.82) is 0 Å². The zero-order valence-electron chi connectivity index (χ0n) is 11.5. The van der Waals surface area contributed by atoms with Crippen LogP contribution >= 0.6 is 11.6 Å².